The largest absolute Gasteiger partial charge is 0.469 e. The van der Waals surface area contributed by atoms with Gasteiger partial charge in [-0.3, -0.25) is 0 Å². The lowest BCUT2D eigenvalue weighted by Gasteiger charge is -2.42. The number of fused-ring (bicyclic) bond motifs is 2. The zero-order chi connectivity index (χ0) is 16.2. The molecule has 1 aromatic carbocycles. The van der Waals surface area contributed by atoms with E-state index in [1.165, 1.54) is 42.6 Å². The maximum absolute atomic E-state index is 5.69. The summed E-state index contributed by atoms with van der Waals surface area (Å²) in [5.74, 6) is 1.72. The normalized spacial score (nSPS) is 24.8. The van der Waals surface area contributed by atoms with E-state index in [2.05, 4.69) is 52.0 Å². The molecule has 1 nitrogen and oxygen atoms in total. The SMILES string of the molecule is CC1(C)CCC(C)(C)c2cc(C3CCCc4occc43)ccc21. The summed E-state index contributed by atoms with van der Waals surface area (Å²) >= 11 is 0. The molecule has 1 aromatic heterocycles. The average molecular weight is 308 g/mol. The number of benzene rings is 1. The first kappa shape index (κ1) is 15.1. The minimum atomic E-state index is 0.286. The molecule has 0 fully saturated rings. The Balaban J connectivity index is 1.82. The maximum atomic E-state index is 5.69. The minimum Gasteiger partial charge on any atom is -0.469 e. The molecule has 1 heterocycles. The quantitative estimate of drug-likeness (QED) is 0.620. The van der Waals surface area contributed by atoms with Gasteiger partial charge >= 0.3 is 0 Å². The van der Waals surface area contributed by atoms with Crippen LogP contribution in [0.3, 0.4) is 0 Å². The fourth-order valence-corrected chi connectivity index (χ4v) is 4.66. The van der Waals surface area contributed by atoms with E-state index in [1.54, 1.807) is 11.1 Å². The zero-order valence-corrected chi connectivity index (χ0v) is 14.9. The van der Waals surface area contributed by atoms with Gasteiger partial charge in [-0.05, 0) is 59.3 Å². The van der Waals surface area contributed by atoms with Crippen LogP contribution in [0.15, 0.2) is 34.9 Å². The highest BCUT2D eigenvalue weighted by Gasteiger charge is 2.37. The van der Waals surface area contributed by atoms with Crippen molar-refractivity contribution >= 4 is 0 Å². The van der Waals surface area contributed by atoms with Crippen LogP contribution in [0, 0.1) is 0 Å². The van der Waals surface area contributed by atoms with Crippen LogP contribution in [0.5, 0.6) is 0 Å². The number of hydrogen-bond donors (Lipinski definition) is 0. The van der Waals surface area contributed by atoms with Gasteiger partial charge < -0.3 is 4.42 Å². The molecule has 0 radical (unpaired) electrons. The number of rotatable bonds is 1. The Bertz CT molecular complexity index is 732. The molecule has 122 valence electrons. The molecular weight excluding hydrogens is 280 g/mol. The van der Waals surface area contributed by atoms with Gasteiger partial charge in [-0.2, -0.15) is 0 Å². The Kier molecular flexibility index (Phi) is 3.27. The van der Waals surface area contributed by atoms with Crippen LogP contribution in [0.1, 0.15) is 87.3 Å². The lowest BCUT2D eigenvalue weighted by molar-refractivity contribution is 0.331. The second-order valence-electron chi connectivity index (χ2n) is 8.82. The smallest absolute Gasteiger partial charge is 0.107 e. The van der Waals surface area contributed by atoms with Crippen molar-refractivity contribution in [3.63, 3.8) is 0 Å². The van der Waals surface area contributed by atoms with Crippen molar-refractivity contribution in [2.45, 2.75) is 76.5 Å². The summed E-state index contributed by atoms with van der Waals surface area (Å²) in [5, 5.41) is 0. The molecule has 0 saturated carbocycles. The van der Waals surface area contributed by atoms with Gasteiger partial charge in [-0.15, -0.1) is 0 Å². The van der Waals surface area contributed by atoms with Crippen molar-refractivity contribution in [2.24, 2.45) is 0 Å². The Labute approximate surface area is 140 Å². The highest BCUT2D eigenvalue weighted by atomic mass is 16.3. The summed E-state index contributed by atoms with van der Waals surface area (Å²) in [7, 11) is 0. The topological polar surface area (TPSA) is 13.1 Å². The van der Waals surface area contributed by atoms with Gasteiger partial charge in [0.1, 0.15) is 5.76 Å². The van der Waals surface area contributed by atoms with Gasteiger partial charge in [0.2, 0.25) is 0 Å². The van der Waals surface area contributed by atoms with Gasteiger partial charge in [-0.25, -0.2) is 0 Å². The summed E-state index contributed by atoms with van der Waals surface area (Å²) < 4.78 is 5.69. The van der Waals surface area contributed by atoms with E-state index in [9.17, 15) is 0 Å². The molecule has 23 heavy (non-hydrogen) atoms. The molecule has 0 saturated heterocycles. The lowest BCUT2D eigenvalue weighted by atomic mass is 9.62. The maximum Gasteiger partial charge on any atom is 0.107 e. The van der Waals surface area contributed by atoms with Crippen molar-refractivity contribution in [1.29, 1.82) is 0 Å². The van der Waals surface area contributed by atoms with Crippen LogP contribution >= 0.6 is 0 Å². The first-order valence-electron chi connectivity index (χ1n) is 9.10. The Morgan fingerprint density at radius 3 is 2.48 bits per heavy atom. The van der Waals surface area contributed by atoms with E-state index in [0.717, 1.165) is 6.42 Å². The highest BCUT2D eigenvalue weighted by molar-refractivity contribution is 5.47. The predicted octanol–water partition coefficient (Wildman–Crippen LogP) is 6.10. The van der Waals surface area contributed by atoms with Gasteiger partial charge in [0.15, 0.2) is 0 Å². The number of hydrogen-bond acceptors (Lipinski definition) is 1. The molecule has 0 N–H and O–H groups in total. The van der Waals surface area contributed by atoms with E-state index < -0.39 is 0 Å². The van der Waals surface area contributed by atoms with Crippen LogP contribution in [0.25, 0.3) is 0 Å². The van der Waals surface area contributed by atoms with E-state index in [4.69, 9.17) is 4.42 Å². The predicted molar refractivity (Wildman–Crippen MR) is 95.2 cm³/mol. The van der Waals surface area contributed by atoms with E-state index in [0.29, 0.717) is 11.3 Å². The van der Waals surface area contributed by atoms with Crippen LogP contribution in [-0.2, 0) is 17.3 Å². The molecule has 1 atom stereocenters. The Hall–Kier alpha value is -1.50. The standard InChI is InChI=1S/C22H28O/c1-21(2)11-12-22(3,4)19-14-15(8-9-18(19)21)16-6-5-7-20-17(16)10-13-23-20/h8-10,13-14,16H,5-7,11-12H2,1-4H3. The second-order valence-corrected chi connectivity index (χ2v) is 8.82. The van der Waals surface area contributed by atoms with Gasteiger partial charge in [0, 0.05) is 17.9 Å². The molecule has 2 aromatic rings. The first-order valence-corrected chi connectivity index (χ1v) is 9.10. The molecule has 0 spiro atoms. The summed E-state index contributed by atoms with van der Waals surface area (Å²) in [6.07, 6.45) is 8.00. The second kappa shape index (κ2) is 5.00. The molecular formula is C22H28O. The van der Waals surface area contributed by atoms with E-state index >= 15 is 0 Å². The van der Waals surface area contributed by atoms with Crippen molar-refractivity contribution in [3.8, 4) is 0 Å². The zero-order valence-electron chi connectivity index (χ0n) is 14.9. The first-order chi connectivity index (χ1) is 10.9. The molecule has 2 aliphatic carbocycles. The third-order valence-electron chi connectivity index (χ3n) is 6.33. The van der Waals surface area contributed by atoms with Crippen LogP contribution in [-0.4, -0.2) is 0 Å². The number of aryl methyl sites for hydroxylation is 1. The summed E-state index contributed by atoms with van der Waals surface area (Å²) in [4.78, 5) is 0. The van der Waals surface area contributed by atoms with Gasteiger partial charge in [0.25, 0.3) is 0 Å². The molecule has 0 amide bonds. The van der Waals surface area contributed by atoms with Crippen LogP contribution in [0.2, 0.25) is 0 Å². The van der Waals surface area contributed by atoms with Crippen molar-refractivity contribution < 1.29 is 4.42 Å². The average Bonchev–Trinajstić information content (AvgIpc) is 3.00. The Morgan fingerprint density at radius 1 is 0.957 bits per heavy atom. The minimum absolute atomic E-state index is 0.286. The summed E-state index contributed by atoms with van der Waals surface area (Å²) in [5.41, 5.74) is 6.62. The van der Waals surface area contributed by atoms with Gasteiger partial charge in [0.05, 0.1) is 6.26 Å². The van der Waals surface area contributed by atoms with Crippen molar-refractivity contribution in [2.75, 3.05) is 0 Å². The summed E-state index contributed by atoms with van der Waals surface area (Å²) in [6, 6.07) is 9.51. The molecule has 1 unspecified atom stereocenters. The third kappa shape index (κ3) is 2.36. The fourth-order valence-electron chi connectivity index (χ4n) is 4.66. The molecule has 1 heteroatoms. The van der Waals surface area contributed by atoms with E-state index in [-0.39, 0.29) is 5.41 Å². The van der Waals surface area contributed by atoms with E-state index in [1.807, 2.05) is 6.26 Å². The Morgan fingerprint density at radius 2 is 1.70 bits per heavy atom. The highest BCUT2D eigenvalue weighted by Crippen LogP contribution is 2.47. The molecule has 0 bridgehead atoms. The molecule has 2 aliphatic rings. The molecule has 4 rings (SSSR count). The summed E-state index contributed by atoms with van der Waals surface area (Å²) in [6.45, 7) is 9.62. The van der Waals surface area contributed by atoms with Crippen molar-refractivity contribution in [3.05, 3.63) is 58.5 Å². The van der Waals surface area contributed by atoms with Crippen LogP contribution < -0.4 is 0 Å². The van der Waals surface area contributed by atoms with Crippen molar-refractivity contribution in [1.82, 2.24) is 0 Å². The fraction of sp³-hybridized carbons (Fsp3) is 0.545. The van der Waals surface area contributed by atoms with Crippen LogP contribution in [0.4, 0.5) is 0 Å². The lowest BCUT2D eigenvalue weighted by Crippen LogP contribution is -2.34. The number of furan rings is 1. The monoisotopic (exact) mass is 308 g/mol. The third-order valence-corrected chi connectivity index (χ3v) is 6.33. The van der Waals surface area contributed by atoms with Gasteiger partial charge in [-0.1, -0.05) is 45.9 Å². The molecule has 0 aliphatic heterocycles.